The summed E-state index contributed by atoms with van der Waals surface area (Å²) in [5.74, 6) is 2.94. The van der Waals surface area contributed by atoms with Crippen LogP contribution in [0.4, 0.5) is 17.1 Å². The molecule has 6 aliphatic carbocycles. The van der Waals surface area contributed by atoms with Crippen LogP contribution in [0.1, 0.15) is 124 Å². The number of halogens is 2. The second-order valence-electron chi connectivity index (χ2n) is 13.1. The maximum Gasteiger partial charge on any atom is 0.0607 e. The van der Waals surface area contributed by atoms with Gasteiger partial charge in [0.15, 0.2) is 0 Å². The predicted octanol–water partition coefficient (Wildman–Crippen LogP) is 11.5. The van der Waals surface area contributed by atoms with E-state index in [1.54, 1.807) is 22.3 Å². The third kappa shape index (κ3) is 4.06. The lowest BCUT2D eigenvalue weighted by molar-refractivity contribution is 0.358. The number of benzene rings is 3. The van der Waals surface area contributed by atoms with Crippen LogP contribution in [0.5, 0.6) is 0 Å². The van der Waals surface area contributed by atoms with Gasteiger partial charge in [-0.25, -0.2) is 0 Å². The molecule has 0 N–H and O–H groups in total. The van der Waals surface area contributed by atoms with Gasteiger partial charge in [-0.3, -0.25) is 0 Å². The quantitative estimate of drug-likeness (QED) is 0.282. The Labute approximate surface area is 239 Å². The molecule has 2 fully saturated rings. The van der Waals surface area contributed by atoms with Gasteiger partial charge in [0.2, 0.25) is 0 Å². The lowest BCUT2D eigenvalue weighted by atomic mass is 9.67. The van der Waals surface area contributed by atoms with E-state index in [4.69, 9.17) is 0 Å². The van der Waals surface area contributed by atoms with E-state index in [1.807, 2.05) is 0 Å². The summed E-state index contributed by atoms with van der Waals surface area (Å²) >= 11 is 8.13. The number of hydrogen-bond donors (Lipinski definition) is 0. The Hall–Kier alpha value is -1.58. The fraction of sp³-hybridized carbons (Fsp3) is 0.471. The predicted molar refractivity (Wildman–Crippen MR) is 163 cm³/mol. The lowest BCUT2D eigenvalue weighted by Crippen LogP contribution is -2.24. The molecule has 0 atom stereocenters. The Morgan fingerprint density at radius 1 is 0.568 bits per heavy atom. The van der Waals surface area contributed by atoms with Crippen LogP contribution in [0.3, 0.4) is 0 Å². The molecule has 3 heteroatoms. The smallest absolute Gasteiger partial charge is 0.0607 e. The molecule has 0 heterocycles. The maximum absolute atomic E-state index is 4.06. The van der Waals surface area contributed by atoms with Gasteiger partial charge in [0.1, 0.15) is 0 Å². The molecule has 192 valence electrons. The Balaban J connectivity index is 1.42. The fourth-order valence-corrected chi connectivity index (χ4v) is 8.97. The van der Waals surface area contributed by atoms with Crippen LogP contribution in [0.15, 0.2) is 57.5 Å². The standard InChI is InChI=1S/C34H37Br2N/c1-34(2,3)24-12-14-25(15-13-24)37(32-18-28-22-8-4-20(5-9-22)26(28)16-30(32)35)33-19-29-23-10-6-21(7-11-23)27(29)17-31(33)36/h12-23H,4-11H2,1-3H3. The maximum atomic E-state index is 4.06. The Bertz CT molecular complexity index is 1270. The van der Waals surface area contributed by atoms with Crippen LogP contribution >= 0.6 is 31.9 Å². The molecule has 2 saturated carbocycles. The molecule has 0 spiro atoms. The van der Waals surface area contributed by atoms with E-state index in [-0.39, 0.29) is 5.41 Å². The summed E-state index contributed by atoms with van der Waals surface area (Å²) in [6.07, 6.45) is 10.9. The van der Waals surface area contributed by atoms with Crippen LogP contribution in [0.2, 0.25) is 0 Å². The average molecular weight is 619 g/mol. The topological polar surface area (TPSA) is 3.24 Å². The lowest BCUT2D eigenvalue weighted by Gasteiger charge is -2.41. The van der Waals surface area contributed by atoms with Crippen LogP contribution in [0, 0.1) is 0 Å². The van der Waals surface area contributed by atoms with E-state index in [0.29, 0.717) is 0 Å². The zero-order valence-corrected chi connectivity index (χ0v) is 25.5. The first-order valence-electron chi connectivity index (χ1n) is 14.4. The second-order valence-corrected chi connectivity index (χ2v) is 14.8. The van der Waals surface area contributed by atoms with Crippen LogP contribution in [-0.4, -0.2) is 0 Å². The molecule has 0 saturated heterocycles. The van der Waals surface area contributed by atoms with Crippen molar-refractivity contribution in [1.29, 1.82) is 0 Å². The van der Waals surface area contributed by atoms with E-state index in [0.717, 1.165) is 23.7 Å². The zero-order chi connectivity index (χ0) is 25.5. The number of fused-ring (bicyclic) bond motifs is 4. The highest BCUT2D eigenvalue weighted by Crippen LogP contribution is 2.55. The van der Waals surface area contributed by atoms with Gasteiger partial charge in [0.25, 0.3) is 0 Å². The van der Waals surface area contributed by atoms with Crippen LogP contribution < -0.4 is 4.90 Å². The van der Waals surface area contributed by atoms with E-state index in [2.05, 4.69) is 106 Å². The molecule has 0 amide bonds. The highest BCUT2D eigenvalue weighted by atomic mass is 79.9. The van der Waals surface area contributed by atoms with E-state index >= 15 is 0 Å². The van der Waals surface area contributed by atoms with Gasteiger partial charge in [-0.15, -0.1) is 0 Å². The first-order valence-corrected chi connectivity index (χ1v) is 15.9. The van der Waals surface area contributed by atoms with Crippen molar-refractivity contribution in [2.45, 2.75) is 101 Å². The van der Waals surface area contributed by atoms with Gasteiger partial charge in [-0.1, -0.05) is 32.9 Å². The summed E-state index contributed by atoms with van der Waals surface area (Å²) < 4.78 is 2.43. The Morgan fingerprint density at radius 3 is 1.27 bits per heavy atom. The summed E-state index contributed by atoms with van der Waals surface area (Å²) in [5, 5.41) is 0. The molecule has 4 bridgehead atoms. The van der Waals surface area contributed by atoms with Crippen molar-refractivity contribution in [2.75, 3.05) is 4.90 Å². The number of hydrogen-bond acceptors (Lipinski definition) is 1. The molecular formula is C34H37Br2N. The van der Waals surface area contributed by atoms with Crippen molar-refractivity contribution in [3.05, 3.63) is 85.3 Å². The third-order valence-corrected chi connectivity index (χ3v) is 11.3. The highest BCUT2D eigenvalue weighted by molar-refractivity contribution is 9.11. The molecule has 0 aliphatic heterocycles. The first kappa shape index (κ1) is 24.5. The van der Waals surface area contributed by atoms with Gasteiger partial charge in [0.05, 0.1) is 11.4 Å². The van der Waals surface area contributed by atoms with Crippen molar-refractivity contribution >= 4 is 48.9 Å². The van der Waals surface area contributed by atoms with E-state index in [9.17, 15) is 0 Å². The average Bonchev–Trinajstić information content (AvgIpc) is 2.90. The fourth-order valence-electron chi connectivity index (χ4n) is 7.89. The minimum Gasteiger partial charge on any atom is -0.308 e. The van der Waals surface area contributed by atoms with Crippen LogP contribution in [-0.2, 0) is 5.41 Å². The van der Waals surface area contributed by atoms with Gasteiger partial charge in [-0.2, -0.15) is 0 Å². The van der Waals surface area contributed by atoms with Crippen molar-refractivity contribution in [3.63, 3.8) is 0 Å². The molecule has 0 unspecified atom stereocenters. The molecular weight excluding hydrogens is 582 g/mol. The molecule has 1 nitrogen and oxygen atoms in total. The molecule has 37 heavy (non-hydrogen) atoms. The summed E-state index contributed by atoms with van der Waals surface area (Å²) in [4.78, 5) is 2.52. The number of anilines is 3. The molecule has 6 aliphatic rings. The Kier molecular flexibility index (Phi) is 5.94. The third-order valence-electron chi connectivity index (χ3n) is 9.99. The van der Waals surface area contributed by atoms with Crippen molar-refractivity contribution in [3.8, 4) is 0 Å². The Morgan fingerprint density at radius 2 is 0.919 bits per heavy atom. The van der Waals surface area contributed by atoms with Crippen molar-refractivity contribution in [1.82, 2.24) is 0 Å². The molecule has 9 rings (SSSR count). The van der Waals surface area contributed by atoms with Gasteiger partial charge in [0, 0.05) is 14.6 Å². The summed E-state index contributed by atoms with van der Waals surface area (Å²) in [7, 11) is 0. The van der Waals surface area contributed by atoms with Crippen molar-refractivity contribution in [2.24, 2.45) is 0 Å². The summed E-state index contributed by atoms with van der Waals surface area (Å²) in [6, 6.07) is 19.3. The largest absolute Gasteiger partial charge is 0.308 e. The number of nitrogens with zero attached hydrogens (tertiary/aromatic N) is 1. The monoisotopic (exact) mass is 617 g/mol. The molecule has 3 aromatic rings. The minimum atomic E-state index is 0.140. The van der Waals surface area contributed by atoms with Crippen molar-refractivity contribution < 1.29 is 0 Å². The molecule has 0 radical (unpaired) electrons. The highest BCUT2D eigenvalue weighted by Gasteiger charge is 2.36. The zero-order valence-electron chi connectivity index (χ0n) is 22.3. The summed E-state index contributed by atoms with van der Waals surface area (Å²) in [5.41, 5.74) is 11.7. The molecule has 0 aromatic heterocycles. The summed E-state index contributed by atoms with van der Waals surface area (Å²) in [6.45, 7) is 6.89. The van der Waals surface area contributed by atoms with E-state index in [1.165, 1.54) is 82.9 Å². The van der Waals surface area contributed by atoms with Gasteiger partial charge in [-0.05, 0) is 177 Å². The van der Waals surface area contributed by atoms with Gasteiger partial charge < -0.3 is 4.90 Å². The van der Waals surface area contributed by atoms with Crippen LogP contribution in [0.25, 0.3) is 0 Å². The van der Waals surface area contributed by atoms with E-state index < -0.39 is 0 Å². The SMILES string of the molecule is CC(C)(C)c1ccc(N(c2cc3c(cc2Br)C2CCC3CC2)c2cc3c(cc2Br)C2CCC3CC2)cc1. The minimum absolute atomic E-state index is 0.140. The second kappa shape index (κ2) is 8.98. The normalized spacial score (nSPS) is 25.6. The van der Waals surface area contributed by atoms with Gasteiger partial charge >= 0.3 is 0 Å². The molecule has 3 aromatic carbocycles. The first-order chi connectivity index (χ1) is 17.8. The number of rotatable bonds is 3.